The maximum atomic E-state index is 12.4. The third-order valence-electron chi connectivity index (χ3n) is 1.53. The van der Waals surface area contributed by atoms with Crippen molar-refractivity contribution in [2.45, 2.75) is 30.8 Å². The Morgan fingerprint density at radius 2 is 2.22 bits per heavy atom. The van der Waals surface area contributed by atoms with E-state index < -0.39 is 17.3 Å². The molecular weight excluding hydrogens is 143 g/mol. The average molecular weight is 151 g/mol. The van der Waals surface area contributed by atoms with E-state index in [1.165, 1.54) is 0 Å². The number of Topliss-reactive ketones (excluding diaryl/α,β-unsaturated/α-hetero) is 1. The van der Waals surface area contributed by atoms with E-state index in [1.807, 2.05) is 0 Å². The number of alkyl halides is 2. The summed E-state index contributed by atoms with van der Waals surface area (Å²) in [6.07, 6.45) is 0.450. The van der Waals surface area contributed by atoms with Gasteiger partial charge >= 0.3 is 0 Å². The van der Waals surface area contributed by atoms with Crippen molar-refractivity contribution < 1.29 is 9.18 Å². The molecule has 0 bridgehead atoms. The zero-order chi connectivity index (χ0) is 6.85. The molecule has 0 unspecified atom stereocenters. The van der Waals surface area contributed by atoms with E-state index in [0.29, 0.717) is 12.8 Å². The van der Waals surface area contributed by atoms with E-state index in [2.05, 4.69) is 0 Å². The van der Waals surface area contributed by atoms with Crippen molar-refractivity contribution in [3.63, 3.8) is 0 Å². The van der Waals surface area contributed by atoms with E-state index in [9.17, 15) is 9.18 Å². The molecule has 9 heavy (non-hydrogen) atoms. The first-order valence-electron chi connectivity index (χ1n) is 3.03. The van der Waals surface area contributed by atoms with Crippen LogP contribution in [0.2, 0.25) is 0 Å². The molecule has 1 nitrogen and oxygen atoms in total. The quantitative estimate of drug-likeness (QED) is 0.481. The number of hydrogen-bond donors (Lipinski definition) is 0. The number of halogens is 2. The lowest BCUT2D eigenvalue weighted by molar-refractivity contribution is -0.125. The highest BCUT2D eigenvalue weighted by Gasteiger charge is 2.28. The average Bonchev–Trinajstić information content (AvgIpc) is 1.83. The van der Waals surface area contributed by atoms with Crippen LogP contribution in [0.25, 0.3) is 0 Å². The van der Waals surface area contributed by atoms with Gasteiger partial charge in [-0.3, -0.25) is 4.79 Å². The van der Waals surface area contributed by atoms with Gasteiger partial charge in [-0.2, -0.15) is 0 Å². The molecule has 0 amide bonds. The van der Waals surface area contributed by atoms with Crippen LogP contribution in [0.15, 0.2) is 0 Å². The van der Waals surface area contributed by atoms with Gasteiger partial charge in [-0.05, 0) is 19.3 Å². The van der Waals surface area contributed by atoms with Crippen LogP contribution < -0.4 is 0 Å². The second-order valence-electron chi connectivity index (χ2n) is 2.27. The molecule has 1 rings (SSSR count). The third-order valence-corrected chi connectivity index (χ3v) is 1.97. The summed E-state index contributed by atoms with van der Waals surface area (Å²) in [5.74, 6) is -0.428. The molecule has 1 fully saturated rings. The number of carbonyl (C=O) groups is 1. The number of ketones is 1. The smallest absolute Gasteiger partial charge is 0.184 e. The Morgan fingerprint density at radius 1 is 1.56 bits per heavy atom. The van der Waals surface area contributed by atoms with Gasteiger partial charge in [-0.15, -0.1) is 11.6 Å². The van der Waals surface area contributed by atoms with Crippen LogP contribution in [0.1, 0.15) is 19.3 Å². The molecule has 0 radical (unpaired) electrons. The molecule has 1 aliphatic carbocycles. The van der Waals surface area contributed by atoms with E-state index in [1.54, 1.807) is 0 Å². The summed E-state index contributed by atoms with van der Waals surface area (Å²) in [5, 5.41) is -0.561. The predicted molar refractivity (Wildman–Crippen MR) is 33.4 cm³/mol. The zero-order valence-electron chi connectivity index (χ0n) is 4.94. The third kappa shape index (κ3) is 1.42. The van der Waals surface area contributed by atoms with E-state index in [-0.39, 0.29) is 0 Å². The van der Waals surface area contributed by atoms with Crippen LogP contribution in [0.3, 0.4) is 0 Å². The van der Waals surface area contributed by atoms with Gasteiger partial charge in [0.05, 0.1) is 5.38 Å². The Kier molecular flexibility index (Phi) is 2.06. The maximum Gasteiger partial charge on any atom is 0.184 e. The predicted octanol–water partition coefficient (Wildman–Crippen LogP) is 1.68. The Balaban J connectivity index is 2.52. The van der Waals surface area contributed by atoms with Crippen molar-refractivity contribution in [2.24, 2.45) is 0 Å². The second-order valence-corrected chi connectivity index (χ2v) is 2.80. The monoisotopic (exact) mass is 150 g/mol. The normalized spacial score (nSPS) is 36.9. The highest BCUT2D eigenvalue weighted by Crippen LogP contribution is 2.21. The van der Waals surface area contributed by atoms with Gasteiger partial charge in [0.15, 0.2) is 12.0 Å². The van der Waals surface area contributed by atoms with Gasteiger partial charge in [-0.25, -0.2) is 4.39 Å². The first-order valence-corrected chi connectivity index (χ1v) is 3.47. The Morgan fingerprint density at radius 3 is 2.67 bits per heavy atom. The summed E-state index contributed by atoms with van der Waals surface area (Å²) < 4.78 is 12.4. The highest BCUT2D eigenvalue weighted by atomic mass is 35.5. The minimum Gasteiger partial charge on any atom is -0.295 e. The molecule has 0 aliphatic heterocycles. The van der Waals surface area contributed by atoms with Gasteiger partial charge in [0.1, 0.15) is 0 Å². The van der Waals surface area contributed by atoms with Crippen LogP contribution in [0.4, 0.5) is 4.39 Å². The first-order chi connectivity index (χ1) is 4.22. The standard InChI is InChI=1S/C6H8ClFO/c7-4-2-1-3-5(8)6(4)9/h4-5H,1-3H2/t4-,5+/m0/s1. The van der Waals surface area contributed by atoms with Crippen LogP contribution in [-0.2, 0) is 4.79 Å². The van der Waals surface area contributed by atoms with Crippen molar-refractivity contribution >= 4 is 17.4 Å². The Labute approximate surface area is 58.2 Å². The maximum absolute atomic E-state index is 12.4. The van der Waals surface area contributed by atoms with Gasteiger partial charge < -0.3 is 0 Å². The lowest BCUT2D eigenvalue weighted by atomic mass is 9.97. The molecule has 0 aromatic heterocycles. The molecule has 0 spiro atoms. The fourth-order valence-electron chi connectivity index (χ4n) is 0.957. The van der Waals surface area contributed by atoms with Gasteiger partial charge in [0.2, 0.25) is 0 Å². The molecule has 0 N–H and O–H groups in total. The van der Waals surface area contributed by atoms with Crippen molar-refractivity contribution in [3.05, 3.63) is 0 Å². The largest absolute Gasteiger partial charge is 0.295 e. The number of rotatable bonds is 0. The topological polar surface area (TPSA) is 17.1 Å². The molecule has 0 aromatic carbocycles. The zero-order valence-corrected chi connectivity index (χ0v) is 5.70. The summed E-state index contributed by atoms with van der Waals surface area (Å²) in [6, 6.07) is 0. The first kappa shape index (κ1) is 7.00. The van der Waals surface area contributed by atoms with Crippen LogP contribution in [0, 0.1) is 0 Å². The van der Waals surface area contributed by atoms with Crippen LogP contribution in [0.5, 0.6) is 0 Å². The minimum atomic E-state index is -1.29. The minimum absolute atomic E-state index is 0.363. The fourth-order valence-corrected chi connectivity index (χ4v) is 1.25. The highest BCUT2D eigenvalue weighted by molar-refractivity contribution is 6.31. The van der Waals surface area contributed by atoms with E-state index in [4.69, 9.17) is 11.6 Å². The molecular formula is C6H8ClFO. The fraction of sp³-hybridized carbons (Fsp3) is 0.833. The lowest BCUT2D eigenvalue weighted by Gasteiger charge is -2.17. The Hall–Kier alpha value is -0.110. The van der Waals surface area contributed by atoms with Crippen LogP contribution in [-0.4, -0.2) is 17.3 Å². The van der Waals surface area contributed by atoms with Gasteiger partial charge in [-0.1, -0.05) is 0 Å². The molecule has 1 saturated carbocycles. The van der Waals surface area contributed by atoms with E-state index in [0.717, 1.165) is 6.42 Å². The summed E-state index contributed by atoms with van der Waals surface area (Å²) in [5.41, 5.74) is 0. The van der Waals surface area contributed by atoms with Crippen molar-refractivity contribution in [1.29, 1.82) is 0 Å². The summed E-state index contributed by atoms with van der Waals surface area (Å²) in [4.78, 5) is 10.6. The number of carbonyl (C=O) groups excluding carboxylic acids is 1. The second kappa shape index (κ2) is 2.65. The molecule has 0 saturated heterocycles. The molecule has 2 atom stereocenters. The van der Waals surface area contributed by atoms with Crippen molar-refractivity contribution in [2.75, 3.05) is 0 Å². The summed E-state index contributed by atoms with van der Waals surface area (Å²) in [7, 11) is 0. The number of hydrogen-bond acceptors (Lipinski definition) is 1. The molecule has 1 aliphatic rings. The lowest BCUT2D eigenvalue weighted by Crippen LogP contribution is -2.29. The SMILES string of the molecule is O=C1[C@H](F)CCC[C@@H]1Cl. The summed E-state index contributed by atoms with van der Waals surface area (Å²) >= 11 is 5.47. The molecule has 52 valence electrons. The van der Waals surface area contributed by atoms with Crippen molar-refractivity contribution in [1.82, 2.24) is 0 Å². The Bertz CT molecular complexity index is 114. The summed E-state index contributed by atoms with van der Waals surface area (Å²) in [6.45, 7) is 0. The van der Waals surface area contributed by atoms with Gasteiger partial charge in [0.25, 0.3) is 0 Å². The molecule has 3 heteroatoms. The van der Waals surface area contributed by atoms with Crippen LogP contribution >= 0.6 is 11.6 Å². The van der Waals surface area contributed by atoms with E-state index >= 15 is 0 Å². The van der Waals surface area contributed by atoms with Gasteiger partial charge in [0, 0.05) is 0 Å². The molecule has 0 aromatic rings. The molecule has 0 heterocycles. The van der Waals surface area contributed by atoms with Crippen molar-refractivity contribution in [3.8, 4) is 0 Å².